The predicted octanol–water partition coefficient (Wildman–Crippen LogP) is 6.08. The molecule has 0 saturated carbocycles. The van der Waals surface area contributed by atoms with E-state index in [-0.39, 0.29) is 36.7 Å². The lowest BCUT2D eigenvalue weighted by Crippen LogP contribution is -2.46. The van der Waals surface area contributed by atoms with E-state index in [2.05, 4.69) is 5.32 Å². The average Bonchev–Trinajstić information content (AvgIpc) is 3.15. The maximum absolute atomic E-state index is 12.4. The largest absolute Gasteiger partial charge is 0.508 e. The first-order valence-corrected chi connectivity index (χ1v) is 18.2. The molecule has 0 bridgehead atoms. The van der Waals surface area contributed by atoms with Crippen molar-refractivity contribution in [3.05, 3.63) is 94.5 Å². The summed E-state index contributed by atoms with van der Waals surface area (Å²) < 4.78 is 37.1. The molecule has 5 unspecified atom stereocenters. The second-order valence-corrected chi connectivity index (χ2v) is 13.7. The second kappa shape index (κ2) is 17.5. The Hall–Kier alpha value is -4.52. The highest BCUT2D eigenvalue weighted by atomic mass is 16.5. The zero-order valence-corrected chi connectivity index (χ0v) is 30.8. The second-order valence-electron chi connectivity index (χ2n) is 13.7. The number of phenolic OH excluding ortho intramolecular Hbond substituents is 2. The Balaban J connectivity index is 1.41. The van der Waals surface area contributed by atoms with Gasteiger partial charge in [-0.1, -0.05) is 18.2 Å². The van der Waals surface area contributed by atoms with Gasteiger partial charge < -0.3 is 54.2 Å². The highest BCUT2D eigenvalue weighted by Crippen LogP contribution is 2.53. The summed E-state index contributed by atoms with van der Waals surface area (Å²) in [6.45, 7) is 1.62. The normalized spacial score (nSPS) is 20.5. The monoisotopic (exact) mass is 729 g/mol. The van der Waals surface area contributed by atoms with Crippen LogP contribution in [-0.4, -0.2) is 81.3 Å². The summed E-state index contributed by atoms with van der Waals surface area (Å²) in [6.07, 6.45) is 0.380. The SMILES string of the molecule is CNCc1cc2c(cc1OC)C(OCCCO)C(C1COc3c(Cc4cc(O)ccc4-c4cccc(O)c4)cc(OC)cc3C1O)C(CCCOC)O2. The van der Waals surface area contributed by atoms with Gasteiger partial charge in [0.05, 0.1) is 33.0 Å². The Morgan fingerprint density at radius 3 is 2.42 bits per heavy atom. The molecule has 2 aliphatic rings. The summed E-state index contributed by atoms with van der Waals surface area (Å²) >= 11 is 0. The molecule has 4 aromatic rings. The number of aliphatic hydroxyl groups is 2. The van der Waals surface area contributed by atoms with Crippen molar-refractivity contribution < 1.29 is 48.8 Å². The van der Waals surface area contributed by atoms with E-state index in [0.29, 0.717) is 67.6 Å². The molecule has 0 fully saturated rings. The molecule has 0 amide bonds. The van der Waals surface area contributed by atoms with Gasteiger partial charge in [0, 0.05) is 74.0 Å². The van der Waals surface area contributed by atoms with Gasteiger partial charge in [-0.2, -0.15) is 0 Å². The van der Waals surface area contributed by atoms with Gasteiger partial charge in [-0.15, -0.1) is 0 Å². The minimum atomic E-state index is -0.975. The first-order valence-electron chi connectivity index (χ1n) is 18.2. The molecule has 6 rings (SSSR count). The van der Waals surface area contributed by atoms with Gasteiger partial charge in [-0.25, -0.2) is 0 Å². The molecule has 284 valence electrons. The van der Waals surface area contributed by atoms with E-state index in [0.717, 1.165) is 39.8 Å². The molecule has 5 N–H and O–H groups in total. The van der Waals surface area contributed by atoms with Crippen molar-refractivity contribution in [2.45, 2.75) is 50.5 Å². The first kappa shape index (κ1) is 38.2. The topological polar surface area (TPSA) is 148 Å². The molecule has 11 nitrogen and oxygen atoms in total. The van der Waals surface area contributed by atoms with E-state index in [1.54, 1.807) is 51.7 Å². The molecule has 0 spiro atoms. The maximum atomic E-state index is 12.4. The summed E-state index contributed by atoms with van der Waals surface area (Å²) in [5.41, 5.74) is 5.60. The molecule has 2 aliphatic heterocycles. The summed E-state index contributed by atoms with van der Waals surface area (Å²) in [6, 6.07) is 19.8. The van der Waals surface area contributed by atoms with Crippen molar-refractivity contribution in [3.63, 3.8) is 0 Å². The number of nitrogens with one attached hydrogen (secondary N) is 1. The van der Waals surface area contributed by atoms with Gasteiger partial charge in [0.25, 0.3) is 0 Å². The third kappa shape index (κ3) is 8.35. The van der Waals surface area contributed by atoms with Crippen LogP contribution in [0.1, 0.15) is 59.3 Å². The number of phenols is 2. The first-order chi connectivity index (χ1) is 25.8. The molecule has 0 aliphatic carbocycles. The fourth-order valence-electron chi connectivity index (χ4n) is 7.80. The van der Waals surface area contributed by atoms with Crippen molar-refractivity contribution in [1.82, 2.24) is 5.32 Å². The molecule has 2 heterocycles. The van der Waals surface area contributed by atoms with Crippen LogP contribution in [0.25, 0.3) is 11.1 Å². The Kier molecular flexibility index (Phi) is 12.6. The number of hydrogen-bond donors (Lipinski definition) is 5. The van der Waals surface area contributed by atoms with E-state index in [1.165, 1.54) is 0 Å². The molecule has 4 aromatic carbocycles. The fraction of sp³-hybridized carbons (Fsp3) is 0.429. The van der Waals surface area contributed by atoms with E-state index in [9.17, 15) is 20.4 Å². The lowest BCUT2D eigenvalue weighted by atomic mass is 9.72. The van der Waals surface area contributed by atoms with Crippen LogP contribution >= 0.6 is 0 Å². The number of rotatable bonds is 16. The standard InChI is InChI=1S/C42H51NO10/c1-43-23-28-20-38-33(22-37(28)50-4)42(51-15-7-13-44)39(36(53-38)10-6-14-48-2)35-24-52-41-27(19-31(49-3)21-34(41)40(35)47)16-26-18-30(46)11-12-32(26)25-8-5-9-29(45)17-25/h5,8-9,11-12,17-22,35-36,39-40,42-47H,6-7,10,13-16,23-24H2,1-4H3. The third-order valence-electron chi connectivity index (χ3n) is 10.3. The molecule has 53 heavy (non-hydrogen) atoms. The lowest BCUT2D eigenvalue weighted by Gasteiger charge is -2.46. The highest BCUT2D eigenvalue weighted by Gasteiger charge is 2.48. The zero-order valence-electron chi connectivity index (χ0n) is 30.8. The van der Waals surface area contributed by atoms with E-state index < -0.39 is 18.1 Å². The number of ether oxygens (including phenoxy) is 6. The van der Waals surface area contributed by atoms with Crippen LogP contribution in [0.4, 0.5) is 0 Å². The van der Waals surface area contributed by atoms with Crippen molar-refractivity contribution in [2.24, 2.45) is 11.8 Å². The molecule has 5 atom stereocenters. The smallest absolute Gasteiger partial charge is 0.128 e. The van der Waals surface area contributed by atoms with Gasteiger partial charge >= 0.3 is 0 Å². The third-order valence-corrected chi connectivity index (χ3v) is 10.3. The summed E-state index contributed by atoms with van der Waals surface area (Å²) in [5, 5.41) is 46.0. The highest BCUT2D eigenvalue weighted by molar-refractivity contribution is 5.70. The minimum Gasteiger partial charge on any atom is -0.508 e. The van der Waals surface area contributed by atoms with Crippen LogP contribution in [0.15, 0.2) is 66.7 Å². The van der Waals surface area contributed by atoms with Gasteiger partial charge in [0.1, 0.15) is 40.6 Å². The lowest BCUT2D eigenvalue weighted by molar-refractivity contribution is -0.114. The number of methoxy groups -OCH3 is 3. The number of benzene rings is 4. The van der Waals surface area contributed by atoms with Crippen LogP contribution in [0, 0.1) is 11.8 Å². The fourth-order valence-corrected chi connectivity index (χ4v) is 7.80. The van der Waals surface area contributed by atoms with E-state index in [4.69, 9.17) is 28.4 Å². The van der Waals surface area contributed by atoms with E-state index in [1.807, 2.05) is 43.4 Å². The Bertz CT molecular complexity index is 1850. The molecular weight excluding hydrogens is 678 g/mol. The van der Waals surface area contributed by atoms with Crippen LogP contribution < -0.4 is 24.3 Å². The van der Waals surface area contributed by atoms with Crippen LogP contribution in [0.3, 0.4) is 0 Å². The quantitative estimate of drug-likeness (QED) is 0.0856. The Labute approximate surface area is 311 Å². The molecule has 0 saturated heterocycles. The van der Waals surface area contributed by atoms with Crippen molar-refractivity contribution in [1.29, 1.82) is 0 Å². The summed E-state index contributed by atoms with van der Waals surface area (Å²) in [4.78, 5) is 0. The van der Waals surface area contributed by atoms with Crippen molar-refractivity contribution in [2.75, 3.05) is 54.8 Å². The van der Waals surface area contributed by atoms with Gasteiger partial charge in [0.15, 0.2) is 0 Å². The predicted molar refractivity (Wildman–Crippen MR) is 200 cm³/mol. The average molecular weight is 730 g/mol. The molecular formula is C42H51NO10. The number of aromatic hydroxyl groups is 2. The van der Waals surface area contributed by atoms with Crippen LogP contribution in [0.5, 0.6) is 34.5 Å². The maximum Gasteiger partial charge on any atom is 0.128 e. The summed E-state index contributed by atoms with van der Waals surface area (Å²) in [5.74, 6) is 1.97. The van der Waals surface area contributed by atoms with Crippen molar-refractivity contribution in [3.8, 4) is 45.6 Å². The van der Waals surface area contributed by atoms with Gasteiger partial charge in [-0.3, -0.25) is 0 Å². The molecule has 0 aromatic heterocycles. The van der Waals surface area contributed by atoms with Gasteiger partial charge in [0.2, 0.25) is 0 Å². The Morgan fingerprint density at radius 2 is 1.68 bits per heavy atom. The van der Waals surface area contributed by atoms with Gasteiger partial charge in [-0.05, 0) is 91.5 Å². The van der Waals surface area contributed by atoms with Crippen LogP contribution in [-0.2, 0) is 22.4 Å². The van der Waals surface area contributed by atoms with Crippen molar-refractivity contribution >= 4 is 0 Å². The Morgan fingerprint density at radius 1 is 0.849 bits per heavy atom. The molecule has 0 radical (unpaired) electrons. The number of aliphatic hydroxyl groups excluding tert-OH is 2. The van der Waals surface area contributed by atoms with E-state index >= 15 is 0 Å². The molecule has 11 heteroatoms. The minimum absolute atomic E-state index is 0.0140. The number of fused-ring (bicyclic) bond motifs is 2. The zero-order chi connectivity index (χ0) is 37.5. The summed E-state index contributed by atoms with van der Waals surface area (Å²) in [7, 11) is 6.78. The van der Waals surface area contributed by atoms with Crippen LogP contribution in [0.2, 0.25) is 0 Å². The number of hydrogen-bond acceptors (Lipinski definition) is 11.